The minimum Gasteiger partial charge on any atom is -0.448 e. The summed E-state index contributed by atoms with van der Waals surface area (Å²) in [6.07, 6.45) is 3.47. The van der Waals surface area contributed by atoms with Crippen molar-refractivity contribution in [1.29, 1.82) is 0 Å². The van der Waals surface area contributed by atoms with Gasteiger partial charge in [0.15, 0.2) is 5.82 Å². The Labute approximate surface area is 154 Å². The molecule has 0 saturated carbocycles. The Bertz CT molecular complexity index is 1070. The molecule has 0 radical (unpaired) electrons. The van der Waals surface area contributed by atoms with Gasteiger partial charge in [0.25, 0.3) is 15.7 Å². The van der Waals surface area contributed by atoms with E-state index in [2.05, 4.69) is 14.7 Å². The Morgan fingerprint density at radius 3 is 2.37 bits per heavy atom. The molecule has 1 N–H and O–H groups in total. The Balaban J connectivity index is 1.95. The van der Waals surface area contributed by atoms with Gasteiger partial charge in [-0.2, -0.15) is 4.98 Å². The van der Waals surface area contributed by atoms with Crippen molar-refractivity contribution < 1.29 is 22.6 Å². The monoisotopic (exact) mass is 388 g/mol. The van der Waals surface area contributed by atoms with Crippen molar-refractivity contribution in [1.82, 2.24) is 9.97 Å². The van der Waals surface area contributed by atoms with Gasteiger partial charge in [0.1, 0.15) is 0 Å². The van der Waals surface area contributed by atoms with Crippen molar-refractivity contribution in [2.75, 3.05) is 11.8 Å². The number of nitrogens with one attached hydrogen (secondary N) is 1. The molecule has 0 aliphatic heterocycles. The Hall–Kier alpha value is -3.60. The van der Waals surface area contributed by atoms with E-state index in [1.165, 1.54) is 13.2 Å². The number of rotatable bonds is 6. The fourth-order valence-electron chi connectivity index (χ4n) is 2.18. The summed E-state index contributed by atoms with van der Waals surface area (Å²) >= 11 is 0. The molecule has 3 rings (SSSR count). The summed E-state index contributed by atoms with van der Waals surface area (Å²) in [5, 5.41) is 10.7. The minimum atomic E-state index is -4.01. The molecule has 27 heavy (non-hydrogen) atoms. The summed E-state index contributed by atoms with van der Waals surface area (Å²) in [5.74, 6) is 0.385. The molecule has 138 valence electrons. The molecule has 1 aromatic carbocycles. The molecular formula is C16H14N5O5S+. The summed E-state index contributed by atoms with van der Waals surface area (Å²) in [5.41, 5.74) is -0.208. The van der Waals surface area contributed by atoms with Crippen LogP contribution < -0.4 is 14.0 Å². The minimum absolute atomic E-state index is 0.00782. The van der Waals surface area contributed by atoms with Crippen LogP contribution in [0.2, 0.25) is 0 Å². The molecule has 0 fully saturated rings. The maximum atomic E-state index is 12.5. The first-order chi connectivity index (χ1) is 12.9. The molecule has 0 bridgehead atoms. The van der Waals surface area contributed by atoms with E-state index in [-0.39, 0.29) is 22.4 Å². The number of ether oxygens (including phenoxy) is 1. The summed E-state index contributed by atoms with van der Waals surface area (Å²) in [6.45, 7) is 0. The first-order valence-electron chi connectivity index (χ1n) is 7.56. The predicted molar refractivity (Wildman–Crippen MR) is 94.0 cm³/mol. The zero-order chi connectivity index (χ0) is 19.4. The third kappa shape index (κ3) is 4.15. The van der Waals surface area contributed by atoms with Gasteiger partial charge >= 0.3 is 11.8 Å². The number of benzene rings is 1. The fraction of sp³-hybridized carbons (Fsp3) is 0.0625. The van der Waals surface area contributed by atoms with Crippen LogP contribution in [-0.4, -0.2) is 30.4 Å². The molecule has 0 unspecified atom stereocenters. The second-order valence-electron chi connectivity index (χ2n) is 5.24. The van der Waals surface area contributed by atoms with Crippen LogP contribution in [0.15, 0.2) is 65.8 Å². The average molecular weight is 388 g/mol. The van der Waals surface area contributed by atoms with E-state index in [4.69, 9.17) is 4.74 Å². The molecule has 2 heterocycles. The first kappa shape index (κ1) is 18.2. The van der Waals surface area contributed by atoms with Crippen molar-refractivity contribution in [2.45, 2.75) is 4.90 Å². The van der Waals surface area contributed by atoms with Crippen LogP contribution in [0.5, 0.6) is 6.01 Å². The highest BCUT2D eigenvalue weighted by atomic mass is 32.2. The van der Waals surface area contributed by atoms with Gasteiger partial charge in [-0.15, -0.1) is 0 Å². The van der Waals surface area contributed by atoms with Crippen molar-refractivity contribution in [3.63, 3.8) is 0 Å². The number of nitro benzene ring substituents is 1. The number of aromatic nitrogens is 3. The molecule has 0 amide bonds. The molecule has 11 heteroatoms. The van der Waals surface area contributed by atoms with E-state index in [1.54, 1.807) is 29.1 Å². The van der Waals surface area contributed by atoms with Crippen LogP contribution in [0.1, 0.15) is 0 Å². The van der Waals surface area contributed by atoms with E-state index in [1.807, 2.05) is 6.07 Å². The third-order valence-electron chi connectivity index (χ3n) is 3.45. The summed E-state index contributed by atoms with van der Waals surface area (Å²) in [6, 6.07) is 11.3. The summed E-state index contributed by atoms with van der Waals surface area (Å²) in [4.78, 5) is 18.1. The van der Waals surface area contributed by atoms with Gasteiger partial charge in [-0.3, -0.25) is 14.8 Å². The number of hydrogen-bond acceptors (Lipinski definition) is 7. The Morgan fingerprint density at radius 1 is 1.11 bits per heavy atom. The Morgan fingerprint density at radius 2 is 1.78 bits per heavy atom. The van der Waals surface area contributed by atoms with E-state index < -0.39 is 14.9 Å². The highest BCUT2D eigenvalue weighted by Gasteiger charge is 2.21. The molecule has 0 aliphatic carbocycles. The molecule has 10 nitrogen and oxygen atoms in total. The van der Waals surface area contributed by atoms with Crippen LogP contribution in [0.4, 0.5) is 11.5 Å². The number of nitrogens with zero attached hydrogens (tertiary/aromatic N) is 4. The van der Waals surface area contributed by atoms with Gasteiger partial charge in [-0.25, -0.2) is 13.0 Å². The van der Waals surface area contributed by atoms with Crippen molar-refractivity contribution >= 4 is 21.5 Å². The quantitative estimate of drug-likeness (QED) is 0.385. The molecule has 0 aliphatic rings. The van der Waals surface area contributed by atoms with E-state index >= 15 is 0 Å². The average Bonchev–Trinajstić information content (AvgIpc) is 2.68. The van der Waals surface area contributed by atoms with Crippen molar-refractivity contribution in [3.05, 3.63) is 71.0 Å². The third-order valence-corrected chi connectivity index (χ3v) is 4.82. The van der Waals surface area contributed by atoms with Gasteiger partial charge < -0.3 is 4.74 Å². The number of pyridine rings is 1. The molecular weight excluding hydrogens is 374 g/mol. The van der Waals surface area contributed by atoms with Gasteiger partial charge in [0.05, 0.1) is 35.4 Å². The maximum Gasteiger partial charge on any atom is 0.435 e. The second kappa shape index (κ2) is 7.33. The van der Waals surface area contributed by atoms with Crippen LogP contribution in [0, 0.1) is 10.1 Å². The van der Waals surface area contributed by atoms with Gasteiger partial charge in [-0.1, -0.05) is 6.07 Å². The Kier molecular flexibility index (Phi) is 4.94. The highest BCUT2D eigenvalue weighted by molar-refractivity contribution is 7.92. The van der Waals surface area contributed by atoms with E-state index in [9.17, 15) is 18.5 Å². The lowest BCUT2D eigenvalue weighted by atomic mass is 10.3. The number of methoxy groups -OCH3 is 1. The van der Waals surface area contributed by atoms with Gasteiger partial charge in [-0.05, 0) is 24.3 Å². The smallest absolute Gasteiger partial charge is 0.435 e. The molecule has 3 aromatic rings. The summed E-state index contributed by atoms with van der Waals surface area (Å²) < 4.78 is 34.1. The normalized spacial score (nSPS) is 11.0. The lowest BCUT2D eigenvalue weighted by Gasteiger charge is -2.07. The number of non-ortho nitro benzene ring substituents is 1. The lowest BCUT2D eigenvalue weighted by Crippen LogP contribution is -2.31. The highest BCUT2D eigenvalue weighted by Crippen LogP contribution is 2.20. The largest absolute Gasteiger partial charge is 0.448 e. The second-order valence-corrected chi connectivity index (χ2v) is 6.92. The van der Waals surface area contributed by atoms with Crippen LogP contribution in [0.3, 0.4) is 0 Å². The SMILES string of the molecule is COc1nc(NS(=O)(=O)c2ccc([N+](=O)[O-])cc2)cc(-[n+]2ccccc2)n1. The number of nitro groups is 1. The number of anilines is 1. The first-order valence-corrected chi connectivity index (χ1v) is 9.04. The molecule has 0 spiro atoms. The summed E-state index contributed by atoms with van der Waals surface area (Å²) in [7, 11) is -2.64. The zero-order valence-electron chi connectivity index (χ0n) is 14.0. The van der Waals surface area contributed by atoms with E-state index in [0.717, 1.165) is 24.3 Å². The maximum absolute atomic E-state index is 12.5. The van der Waals surface area contributed by atoms with Crippen LogP contribution in [-0.2, 0) is 10.0 Å². The van der Waals surface area contributed by atoms with Crippen LogP contribution in [0.25, 0.3) is 5.82 Å². The molecule has 0 atom stereocenters. The zero-order valence-corrected chi connectivity index (χ0v) is 14.8. The molecule has 0 saturated heterocycles. The number of hydrogen-bond donors (Lipinski definition) is 1. The van der Waals surface area contributed by atoms with Gasteiger partial charge in [0.2, 0.25) is 0 Å². The lowest BCUT2D eigenvalue weighted by molar-refractivity contribution is -0.599. The predicted octanol–water partition coefficient (Wildman–Crippen LogP) is 1.47. The molecule has 2 aromatic heterocycles. The topological polar surface area (TPSA) is 128 Å². The van der Waals surface area contributed by atoms with Crippen molar-refractivity contribution in [2.24, 2.45) is 0 Å². The fourth-order valence-corrected chi connectivity index (χ4v) is 3.18. The van der Waals surface area contributed by atoms with E-state index in [0.29, 0.717) is 5.82 Å². The van der Waals surface area contributed by atoms with Gasteiger partial charge in [0, 0.05) is 17.1 Å². The number of sulfonamides is 1. The standard InChI is InChI=1S/C16H14N5O5S/c1-26-16-17-14(11-15(18-16)20-9-3-2-4-10-20)19-27(24,25)13-7-5-12(6-8-13)21(22)23/h2-11H,1H3,(H,17,18,19)/q+1. The van der Waals surface area contributed by atoms with Crippen LogP contribution >= 0.6 is 0 Å². The van der Waals surface area contributed by atoms with Crippen molar-refractivity contribution in [3.8, 4) is 11.8 Å².